The number of hydrogen-bond donors (Lipinski definition) is 2. The Labute approximate surface area is 98.6 Å². The minimum Gasteiger partial charge on any atom is -0.496 e. The number of nitrogens with two attached hydrogens (primary N) is 1. The van der Waals surface area contributed by atoms with Crippen LogP contribution < -0.4 is 11.1 Å². The first kappa shape index (κ1) is 11.1. The van der Waals surface area contributed by atoms with Gasteiger partial charge in [0.05, 0.1) is 17.7 Å². The van der Waals surface area contributed by atoms with Gasteiger partial charge >= 0.3 is 0 Å². The van der Waals surface area contributed by atoms with Crippen molar-refractivity contribution in [3.05, 3.63) is 34.1 Å². The molecule has 1 aliphatic carbocycles. The molecule has 0 bridgehead atoms. The molecule has 0 aromatic heterocycles. The van der Waals surface area contributed by atoms with E-state index in [0.717, 1.165) is 29.3 Å². The Kier molecular flexibility index (Phi) is 3.24. The molecule has 0 aromatic carbocycles. The normalized spacial score (nSPS) is 24.6. The lowest BCUT2D eigenvalue weighted by molar-refractivity contribution is -0.114. The Morgan fingerprint density at radius 3 is 3.00 bits per heavy atom. The van der Waals surface area contributed by atoms with Crippen molar-refractivity contribution in [1.29, 1.82) is 0 Å². The molecule has 0 aromatic rings. The molecule has 1 aliphatic heterocycles. The zero-order valence-corrected chi connectivity index (χ0v) is 9.89. The number of allylic oxidation sites excluding steroid dienone is 2. The fourth-order valence-corrected chi connectivity index (χ4v) is 2.77. The van der Waals surface area contributed by atoms with E-state index in [4.69, 9.17) is 10.5 Å². The summed E-state index contributed by atoms with van der Waals surface area (Å²) >= 11 is 1.75. The summed E-state index contributed by atoms with van der Waals surface area (Å²) in [4.78, 5) is 11.3. The van der Waals surface area contributed by atoms with Crippen LogP contribution in [0.2, 0.25) is 0 Å². The first-order chi connectivity index (χ1) is 7.74. The second-order valence-electron chi connectivity index (χ2n) is 3.50. The minimum absolute atomic E-state index is 0.450. The molecule has 16 heavy (non-hydrogen) atoms. The third-order valence-corrected chi connectivity index (χ3v) is 3.59. The number of amides is 1. The van der Waals surface area contributed by atoms with E-state index in [1.54, 1.807) is 24.9 Å². The molecule has 1 amide bonds. The first-order valence-electron chi connectivity index (χ1n) is 5.09. The number of carbonyl (C=O) groups is 1. The molecule has 5 heteroatoms. The zero-order valence-electron chi connectivity index (χ0n) is 9.08. The van der Waals surface area contributed by atoms with Gasteiger partial charge in [0, 0.05) is 17.9 Å². The van der Waals surface area contributed by atoms with Crippen molar-refractivity contribution in [2.24, 2.45) is 5.73 Å². The molecule has 0 unspecified atom stereocenters. The van der Waals surface area contributed by atoms with Gasteiger partial charge in [-0.1, -0.05) is 6.08 Å². The van der Waals surface area contributed by atoms with E-state index in [0.29, 0.717) is 11.3 Å². The zero-order chi connectivity index (χ0) is 11.5. The van der Waals surface area contributed by atoms with Gasteiger partial charge in [-0.2, -0.15) is 0 Å². The maximum Gasteiger partial charge on any atom is 0.252 e. The maximum absolute atomic E-state index is 11.3. The Bertz CT molecular complexity index is 402. The summed E-state index contributed by atoms with van der Waals surface area (Å²) < 4.78 is 5.31. The summed E-state index contributed by atoms with van der Waals surface area (Å²) in [7, 11) is 1.57. The summed E-state index contributed by atoms with van der Waals surface area (Å²) in [6.07, 6.45) is 4.44. The van der Waals surface area contributed by atoms with Crippen molar-refractivity contribution in [1.82, 2.24) is 5.32 Å². The summed E-state index contributed by atoms with van der Waals surface area (Å²) in [5.41, 5.74) is 6.79. The standard InChI is InChI=1S/C11H14N2O2S/c1-15-9-7(10(12)14)3-2-4-8(9)11-13-5-6-16-11/h2-3,13H,4-6H2,1H3,(H2,12,14). The van der Waals surface area contributed by atoms with Crippen molar-refractivity contribution in [3.63, 3.8) is 0 Å². The highest BCUT2D eigenvalue weighted by atomic mass is 32.2. The largest absolute Gasteiger partial charge is 0.496 e. The molecule has 1 fully saturated rings. The van der Waals surface area contributed by atoms with Crippen LogP contribution in [-0.2, 0) is 9.53 Å². The number of thioether (sulfide) groups is 1. The number of hydrogen-bond acceptors (Lipinski definition) is 4. The van der Waals surface area contributed by atoms with Crippen LogP contribution in [0.4, 0.5) is 0 Å². The number of primary amides is 1. The highest BCUT2D eigenvalue weighted by Crippen LogP contribution is 2.33. The molecule has 0 spiro atoms. The lowest BCUT2D eigenvalue weighted by Gasteiger charge is -2.18. The van der Waals surface area contributed by atoms with Crippen LogP contribution >= 0.6 is 11.8 Å². The highest BCUT2D eigenvalue weighted by molar-refractivity contribution is 8.03. The van der Waals surface area contributed by atoms with E-state index in [1.165, 1.54) is 0 Å². The van der Waals surface area contributed by atoms with Crippen LogP contribution in [0.1, 0.15) is 6.42 Å². The quantitative estimate of drug-likeness (QED) is 0.749. The third-order valence-electron chi connectivity index (χ3n) is 2.50. The molecular formula is C11H14N2O2S. The van der Waals surface area contributed by atoms with Crippen molar-refractivity contribution in [2.45, 2.75) is 6.42 Å². The van der Waals surface area contributed by atoms with Crippen LogP contribution in [0.15, 0.2) is 34.1 Å². The summed E-state index contributed by atoms with van der Waals surface area (Å²) in [5, 5.41) is 4.39. The van der Waals surface area contributed by atoms with E-state index in [-0.39, 0.29) is 0 Å². The number of rotatable bonds is 2. The number of methoxy groups -OCH3 is 1. The fraction of sp³-hybridized carbons (Fsp3) is 0.364. The Morgan fingerprint density at radius 1 is 1.62 bits per heavy atom. The smallest absolute Gasteiger partial charge is 0.252 e. The third kappa shape index (κ3) is 1.95. The molecule has 1 heterocycles. The minimum atomic E-state index is -0.450. The van der Waals surface area contributed by atoms with Gasteiger partial charge in [-0.3, -0.25) is 4.79 Å². The first-order valence-corrected chi connectivity index (χ1v) is 6.07. The fourth-order valence-electron chi connectivity index (χ4n) is 1.81. The van der Waals surface area contributed by atoms with Crippen LogP contribution in [0, 0.1) is 0 Å². The van der Waals surface area contributed by atoms with Crippen molar-refractivity contribution in [2.75, 3.05) is 19.4 Å². The molecule has 0 saturated carbocycles. The Morgan fingerprint density at radius 2 is 2.44 bits per heavy atom. The summed E-state index contributed by atoms with van der Waals surface area (Å²) in [6, 6.07) is 0. The predicted molar refractivity (Wildman–Crippen MR) is 64.5 cm³/mol. The number of ether oxygens (including phenoxy) is 1. The Balaban J connectivity index is 2.45. The second-order valence-corrected chi connectivity index (χ2v) is 4.61. The van der Waals surface area contributed by atoms with Crippen LogP contribution in [-0.4, -0.2) is 25.3 Å². The SMILES string of the molecule is COC1=C(C(N)=O)C=CCC1=C1NCCS1. The van der Waals surface area contributed by atoms with Crippen molar-refractivity contribution in [3.8, 4) is 0 Å². The van der Waals surface area contributed by atoms with Gasteiger partial charge in [-0.15, -0.1) is 11.8 Å². The van der Waals surface area contributed by atoms with Gasteiger partial charge in [-0.05, 0) is 12.5 Å². The number of nitrogens with one attached hydrogen (secondary N) is 1. The molecule has 4 nitrogen and oxygen atoms in total. The van der Waals surface area contributed by atoms with Gasteiger partial charge in [0.1, 0.15) is 5.76 Å². The molecule has 2 rings (SSSR count). The lowest BCUT2D eigenvalue weighted by atomic mass is 10.00. The molecule has 0 radical (unpaired) electrons. The molecule has 3 N–H and O–H groups in total. The van der Waals surface area contributed by atoms with Gasteiger partial charge in [0.2, 0.25) is 0 Å². The highest BCUT2D eigenvalue weighted by Gasteiger charge is 2.23. The topological polar surface area (TPSA) is 64.3 Å². The average Bonchev–Trinajstić information content (AvgIpc) is 2.81. The lowest BCUT2D eigenvalue weighted by Crippen LogP contribution is -2.19. The van der Waals surface area contributed by atoms with E-state index in [1.807, 2.05) is 6.08 Å². The average molecular weight is 238 g/mol. The Hall–Kier alpha value is -1.36. The predicted octanol–water partition coefficient (Wildman–Crippen LogP) is 0.880. The molecule has 0 atom stereocenters. The van der Waals surface area contributed by atoms with E-state index in [2.05, 4.69) is 5.32 Å². The van der Waals surface area contributed by atoms with E-state index >= 15 is 0 Å². The van der Waals surface area contributed by atoms with Crippen molar-refractivity contribution < 1.29 is 9.53 Å². The molecule has 1 saturated heterocycles. The van der Waals surface area contributed by atoms with Crippen LogP contribution in [0.3, 0.4) is 0 Å². The monoisotopic (exact) mass is 238 g/mol. The van der Waals surface area contributed by atoms with E-state index in [9.17, 15) is 4.79 Å². The second kappa shape index (κ2) is 4.65. The number of carbonyl (C=O) groups excluding carboxylic acids is 1. The molecule has 86 valence electrons. The van der Waals surface area contributed by atoms with Crippen molar-refractivity contribution >= 4 is 17.7 Å². The summed E-state index contributed by atoms with van der Waals surface area (Å²) in [5.74, 6) is 1.20. The van der Waals surface area contributed by atoms with Gasteiger partial charge < -0.3 is 15.8 Å². The van der Waals surface area contributed by atoms with E-state index < -0.39 is 5.91 Å². The maximum atomic E-state index is 11.3. The summed E-state index contributed by atoms with van der Waals surface area (Å²) in [6.45, 7) is 0.954. The van der Waals surface area contributed by atoms with Gasteiger partial charge in [0.15, 0.2) is 0 Å². The van der Waals surface area contributed by atoms with Gasteiger partial charge in [0.25, 0.3) is 5.91 Å². The molecule has 2 aliphatic rings. The van der Waals surface area contributed by atoms with Crippen LogP contribution in [0.5, 0.6) is 0 Å². The van der Waals surface area contributed by atoms with Gasteiger partial charge in [-0.25, -0.2) is 0 Å². The van der Waals surface area contributed by atoms with Crippen LogP contribution in [0.25, 0.3) is 0 Å². The molecular weight excluding hydrogens is 224 g/mol.